The van der Waals surface area contributed by atoms with Gasteiger partial charge in [0.25, 0.3) is 0 Å². The van der Waals surface area contributed by atoms with Crippen molar-refractivity contribution in [3.05, 3.63) is 35.9 Å². The molecule has 1 aliphatic rings. The highest BCUT2D eigenvalue weighted by Crippen LogP contribution is 2.22. The molecule has 1 atom stereocenters. The first-order valence-electron chi connectivity index (χ1n) is 8.80. The van der Waals surface area contributed by atoms with Gasteiger partial charge in [-0.15, -0.1) is 0 Å². The summed E-state index contributed by atoms with van der Waals surface area (Å²) in [6, 6.07) is 10.1. The van der Waals surface area contributed by atoms with Crippen LogP contribution in [-0.2, 0) is 20.9 Å². The molecule has 1 unspecified atom stereocenters. The van der Waals surface area contributed by atoms with E-state index in [1.807, 2.05) is 35.2 Å². The monoisotopic (exact) mass is 333 g/mol. The van der Waals surface area contributed by atoms with Crippen LogP contribution in [0.1, 0.15) is 50.5 Å². The zero-order valence-corrected chi connectivity index (χ0v) is 14.2. The fourth-order valence-corrected chi connectivity index (χ4v) is 3.15. The lowest BCUT2D eigenvalue weighted by Crippen LogP contribution is -2.43. The van der Waals surface area contributed by atoms with Crippen molar-refractivity contribution in [3.8, 4) is 0 Å². The number of rotatable bonds is 9. The lowest BCUT2D eigenvalue weighted by molar-refractivity contribution is -0.140. The zero-order valence-electron chi connectivity index (χ0n) is 14.2. The van der Waals surface area contributed by atoms with Crippen molar-refractivity contribution in [3.63, 3.8) is 0 Å². The molecule has 0 spiro atoms. The largest absolute Gasteiger partial charge is 0.481 e. The summed E-state index contributed by atoms with van der Waals surface area (Å²) in [6.07, 6.45) is 4.88. The number of carbonyl (C=O) groups is 2. The zero-order chi connectivity index (χ0) is 17.2. The fourth-order valence-electron chi connectivity index (χ4n) is 3.15. The van der Waals surface area contributed by atoms with E-state index in [1.165, 1.54) is 0 Å². The summed E-state index contributed by atoms with van der Waals surface area (Å²) in [5.74, 6) is -0.657. The number of carboxylic acid groups (broad SMARTS) is 1. The Morgan fingerprint density at radius 3 is 2.71 bits per heavy atom. The Kier molecular flexibility index (Phi) is 7.75. The Morgan fingerprint density at radius 1 is 1.17 bits per heavy atom. The number of likely N-dealkylation sites (tertiary alicyclic amines) is 1. The van der Waals surface area contributed by atoms with Gasteiger partial charge in [-0.25, -0.2) is 0 Å². The number of ether oxygens (including phenoxy) is 1. The summed E-state index contributed by atoms with van der Waals surface area (Å²) in [7, 11) is 0. The molecule has 132 valence electrons. The van der Waals surface area contributed by atoms with Gasteiger partial charge >= 0.3 is 5.97 Å². The molecule has 5 nitrogen and oxygen atoms in total. The maximum atomic E-state index is 12.4. The molecule has 1 saturated heterocycles. The third-order valence-corrected chi connectivity index (χ3v) is 4.43. The van der Waals surface area contributed by atoms with Crippen LogP contribution in [0, 0.1) is 0 Å². The van der Waals surface area contributed by atoms with Gasteiger partial charge in [-0.3, -0.25) is 9.59 Å². The molecule has 0 bridgehead atoms. The highest BCUT2D eigenvalue weighted by molar-refractivity contribution is 5.76. The highest BCUT2D eigenvalue weighted by Gasteiger charge is 2.26. The predicted octanol–water partition coefficient (Wildman–Crippen LogP) is 3.23. The van der Waals surface area contributed by atoms with Crippen LogP contribution in [0.4, 0.5) is 0 Å². The second kappa shape index (κ2) is 10.1. The number of carboxylic acids is 1. The number of benzene rings is 1. The molecule has 1 fully saturated rings. The number of aliphatic carboxylic acids is 1. The van der Waals surface area contributed by atoms with Crippen LogP contribution < -0.4 is 0 Å². The Balaban J connectivity index is 1.67. The Labute approximate surface area is 143 Å². The van der Waals surface area contributed by atoms with E-state index >= 15 is 0 Å². The van der Waals surface area contributed by atoms with Crippen LogP contribution in [0.3, 0.4) is 0 Å². The highest BCUT2D eigenvalue weighted by atomic mass is 16.5. The van der Waals surface area contributed by atoms with Gasteiger partial charge in [0.15, 0.2) is 0 Å². The predicted molar refractivity (Wildman–Crippen MR) is 91.6 cm³/mol. The van der Waals surface area contributed by atoms with Crippen molar-refractivity contribution in [1.29, 1.82) is 0 Å². The van der Waals surface area contributed by atoms with Gasteiger partial charge in [0.05, 0.1) is 6.61 Å². The van der Waals surface area contributed by atoms with E-state index in [-0.39, 0.29) is 18.4 Å². The van der Waals surface area contributed by atoms with Crippen LogP contribution in [0.5, 0.6) is 0 Å². The first-order chi connectivity index (χ1) is 11.7. The third-order valence-electron chi connectivity index (χ3n) is 4.43. The second-order valence-corrected chi connectivity index (χ2v) is 6.31. The molecule has 0 aliphatic carbocycles. The summed E-state index contributed by atoms with van der Waals surface area (Å²) in [4.78, 5) is 25.1. The fraction of sp³-hybridized carbons (Fsp3) is 0.579. The number of carbonyl (C=O) groups excluding carboxylic acids is 1. The molecule has 1 amide bonds. The summed E-state index contributed by atoms with van der Waals surface area (Å²) in [6.45, 7) is 1.89. The van der Waals surface area contributed by atoms with Gasteiger partial charge in [0.2, 0.25) is 5.91 Å². The Morgan fingerprint density at radius 2 is 1.96 bits per heavy atom. The van der Waals surface area contributed by atoms with Gasteiger partial charge in [-0.1, -0.05) is 30.3 Å². The molecule has 0 radical (unpaired) electrons. The molecule has 2 rings (SSSR count). The number of nitrogens with zero attached hydrogens (tertiary/aromatic N) is 1. The molecule has 1 aromatic carbocycles. The van der Waals surface area contributed by atoms with E-state index in [0.717, 1.165) is 31.4 Å². The van der Waals surface area contributed by atoms with E-state index in [2.05, 4.69) is 0 Å². The van der Waals surface area contributed by atoms with Crippen molar-refractivity contribution in [1.82, 2.24) is 4.90 Å². The van der Waals surface area contributed by atoms with E-state index in [1.54, 1.807) is 0 Å². The standard InChI is InChI=1S/C19H27NO4/c21-18(10-6-14-24-15-16-7-2-1-3-8-16)20-13-5-4-9-17(20)11-12-19(22)23/h1-3,7-8,17H,4-6,9-15H2,(H,22,23). The summed E-state index contributed by atoms with van der Waals surface area (Å²) >= 11 is 0. The minimum Gasteiger partial charge on any atom is -0.481 e. The lowest BCUT2D eigenvalue weighted by atomic mass is 9.97. The third kappa shape index (κ3) is 6.32. The number of hydrogen-bond acceptors (Lipinski definition) is 3. The van der Waals surface area contributed by atoms with Crippen molar-refractivity contribution < 1.29 is 19.4 Å². The topological polar surface area (TPSA) is 66.8 Å². The minimum absolute atomic E-state index is 0.0904. The summed E-state index contributed by atoms with van der Waals surface area (Å²) < 4.78 is 5.61. The molecule has 24 heavy (non-hydrogen) atoms. The van der Waals surface area contributed by atoms with Crippen LogP contribution in [0.25, 0.3) is 0 Å². The molecule has 5 heteroatoms. The van der Waals surface area contributed by atoms with Gasteiger partial charge in [0, 0.05) is 32.0 Å². The number of piperidine rings is 1. The van der Waals surface area contributed by atoms with E-state index in [9.17, 15) is 9.59 Å². The smallest absolute Gasteiger partial charge is 0.303 e. The molecule has 1 aromatic rings. The second-order valence-electron chi connectivity index (χ2n) is 6.31. The van der Waals surface area contributed by atoms with Crippen LogP contribution in [-0.4, -0.2) is 41.1 Å². The minimum atomic E-state index is -0.790. The Bertz CT molecular complexity index is 517. The molecule has 1 aliphatic heterocycles. The van der Waals surface area contributed by atoms with Crippen LogP contribution in [0.2, 0.25) is 0 Å². The van der Waals surface area contributed by atoms with E-state index in [4.69, 9.17) is 9.84 Å². The van der Waals surface area contributed by atoms with Gasteiger partial charge < -0.3 is 14.7 Å². The molecule has 1 N–H and O–H groups in total. The van der Waals surface area contributed by atoms with E-state index < -0.39 is 5.97 Å². The summed E-state index contributed by atoms with van der Waals surface area (Å²) in [5, 5.41) is 8.84. The number of amides is 1. The first kappa shape index (κ1) is 18.5. The SMILES string of the molecule is O=C(O)CCC1CCCCN1C(=O)CCCOCc1ccccc1. The molecule has 0 saturated carbocycles. The van der Waals surface area contributed by atoms with Crippen LogP contribution >= 0.6 is 0 Å². The Hall–Kier alpha value is -1.88. The van der Waals surface area contributed by atoms with Crippen molar-refractivity contribution >= 4 is 11.9 Å². The van der Waals surface area contributed by atoms with Gasteiger partial charge in [-0.05, 0) is 37.7 Å². The molecule has 1 heterocycles. The average molecular weight is 333 g/mol. The quantitative estimate of drug-likeness (QED) is 0.705. The van der Waals surface area contributed by atoms with E-state index in [0.29, 0.717) is 32.5 Å². The normalized spacial score (nSPS) is 17.7. The lowest BCUT2D eigenvalue weighted by Gasteiger charge is -2.35. The van der Waals surface area contributed by atoms with Crippen LogP contribution in [0.15, 0.2) is 30.3 Å². The number of hydrogen-bond donors (Lipinski definition) is 1. The maximum absolute atomic E-state index is 12.4. The molecular formula is C19H27NO4. The van der Waals surface area contributed by atoms with Crippen molar-refractivity contribution in [2.45, 2.75) is 57.6 Å². The van der Waals surface area contributed by atoms with Crippen molar-refractivity contribution in [2.75, 3.05) is 13.2 Å². The maximum Gasteiger partial charge on any atom is 0.303 e. The molecule has 0 aromatic heterocycles. The van der Waals surface area contributed by atoms with Gasteiger partial charge in [-0.2, -0.15) is 0 Å². The van der Waals surface area contributed by atoms with Crippen molar-refractivity contribution in [2.24, 2.45) is 0 Å². The molecular weight excluding hydrogens is 306 g/mol. The summed E-state index contributed by atoms with van der Waals surface area (Å²) in [5.41, 5.74) is 1.13. The average Bonchev–Trinajstić information content (AvgIpc) is 2.60. The first-order valence-corrected chi connectivity index (χ1v) is 8.80. The van der Waals surface area contributed by atoms with Gasteiger partial charge in [0.1, 0.15) is 0 Å².